The van der Waals surface area contributed by atoms with Crippen molar-refractivity contribution in [3.63, 3.8) is 0 Å². The molecule has 0 aromatic heterocycles. The van der Waals surface area contributed by atoms with Gasteiger partial charge in [0.05, 0.1) is 12.7 Å². The van der Waals surface area contributed by atoms with Gasteiger partial charge in [-0.3, -0.25) is 4.90 Å². The summed E-state index contributed by atoms with van der Waals surface area (Å²) in [6, 6.07) is 8.15. The van der Waals surface area contributed by atoms with Crippen LogP contribution in [0.3, 0.4) is 0 Å². The predicted molar refractivity (Wildman–Crippen MR) is 79.0 cm³/mol. The quantitative estimate of drug-likeness (QED) is 0.897. The Kier molecular flexibility index (Phi) is 5.40. The molecule has 4 heteroatoms. The highest BCUT2D eigenvalue weighted by Gasteiger charge is 2.23. The number of hydrogen-bond acceptors (Lipinski definition) is 4. The van der Waals surface area contributed by atoms with E-state index in [-0.39, 0.29) is 6.10 Å². The fourth-order valence-corrected chi connectivity index (χ4v) is 2.45. The number of hydrogen-bond donors (Lipinski definition) is 1. The highest BCUT2D eigenvalue weighted by molar-refractivity contribution is 5.34. The van der Waals surface area contributed by atoms with Crippen molar-refractivity contribution in [2.75, 3.05) is 26.3 Å². The third-order valence-corrected chi connectivity index (χ3v) is 3.69. The lowest BCUT2D eigenvalue weighted by Gasteiger charge is -2.35. The Bertz CT molecular complexity index is 420. The summed E-state index contributed by atoms with van der Waals surface area (Å²) in [6.07, 6.45) is -0.432. The topological polar surface area (TPSA) is 41.9 Å². The largest absolute Gasteiger partial charge is 0.490 e. The van der Waals surface area contributed by atoms with E-state index in [1.54, 1.807) is 6.92 Å². The van der Waals surface area contributed by atoms with Crippen molar-refractivity contribution < 1.29 is 14.6 Å². The average Bonchev–Trinajstić information content (AvgIpc) is 2.45. The van der Waals surface area contributed by atoms with Gasteiger partial charge in [-0.1, -0.05) is 18.2 Å². The summed E-state index contributed by atoms with van der Waals surface area (Å²) in [5.74, 6) is 0.743. The summed E-state index contributed by atoms with van der Waals surface area (Å²) in [5.41, 5.74) is 0.823. The number of aliphatic hydroxyl groups is 1. The van der Waals surface area contributed by atoms with Crippen molar-refractivity contribution >= 4 is 0 Å². The smallest absolute Gasteiger partial charge is 0.125 e. The van der Waals surface area contributed by atoms with Gasteiger partial charge in [0.25, 0.3) is 0 Å². The van der Waals surface area contributed by atoms with Crippen LogP contribution < -0.4 is 4.74 Å². The molecule has 0 spiro atoms. The van der Waals surface area contributed by atoms with Crippen LogP contribution in [0.2, 0.25) is 0 Å². The number of ether oxygens (including phenoxy) is 2. The Balaban J connectivity index is 1.92. The van der Waals surface area contributed by atoms with E-state index in [1.807, 2.05) is 24.3 Å². The van der Waals surface area contributed by atoms with Crippen molar-refractivity contribution in [3.8, 4) is 5.75 Å². The van der Waals surface area contributed by atoms with Gasteiger partial charge in [-0.15, -0.1) is 0 Å². The van der Waals surface area contributed by atoms with Crippen LogP contribution in [-0.4, -0.2) is 48.5 Å². The monoisotopic (exact) mass is 279 g/mol. The minimum Gasteiger partial charge on any atom is -0.490 e. The van der Waals surface area contributed by atoms with Crippen LogP contribution in [0.25, 0.3) is 0 Å². The number of morpholine rings is 1. The van der Waals surface area contributed by atoms with Gasteiger partial charge in [0, 0.05) is 24.7 Å². The van der Waals surface area contributed by atoms with Crippen LogP contribution in [0.5, 0.6) is 5.75 Å². The normalized spacial score (nSPS) is 21.9. The fraction of sp³-hybridized carbons (Fsp3) is 0.625. The number of nitrogens with zero attached hydrogens (tertiary/aromatic N) is 1. The Morgan fingerprint density at radius 3 is 2.80 bits per heavy atom. The molecule has 0 amide bonds. The molecular formula is C16H25NO3. The van der Waals surface area contributed by atoms with Crippen molar-refractivity contribution in [1.82, 2.24) is 4.90 Å². The van der Waals surface area contributed by atoms with Crippen LogP contribution in [0.15, 0.2) is 24.3 Å². The molecule has 1 fully saturated rings. The van der Waals surface area contributed by atoms with Crippen LogP contribution in [0.1, 0.15) is 32.4 Å². The zero-order chi connectivity index (χ0) is 14.5. The standard InChI is InChI=1S/C16H25NO3/c1-12(2)17-8-9-19-14(10-17)11-20-16-7-5-4-6-15(16)13(3)18/h4-7,12-14,18H,8-11H2,1-3H3/t13-,14?/m1/s1. The van der Waals surface area contributed by atoms with Gasteiger partial charge in [0.15, 0.2) is 0 Å². The first-order valence-electron chi connectivity index (χ1n) is 7.33. The molecule has 2 rings (SSSR count). The third-order valence-electron chi connectivity index (χ3n) is 3.69. The van der Waals surface area contributed by atoms with E-state index in [1.165, 1.54) is 0 Å². The third kappa shape index (κ3) is 3.95. The molecule has 112 valence electrons. The van der Waals surface area contributed by atoms with Gasteiger partial charge < -0.3 is 14.6 Å². The molecule has 1 heterocycles. The molecule has 4 nitrogen and oxygen atoms in total. The molecule has 0 saturated carbocycles. The van der Waals surface area contributed by atoms with Gasteiger partial charge >= 0.3 is 0 Å². The van der Waals surface area contributed by atoms with Gasteiger partial charge in [-0.2, -0.15) is 0 Å². The number of rotatable bonds is 5. The lowest BCUT2D eigenvalue weighted by atomic mass is 10.1. The van der Waals surface area contributed by atoms with E-state index in [2.05, 4.69) is 18.7 Å². The molecule has 0 bridgehead atoms. The lowest BCUT2D eigenvalue weighted by molar-refractivity contribution is -0.0567. The van der Waals surface area contributed by atoms with E-state index in [0.717, 1.165) is 31.0 Å². The lowest BCUT2D eigenvalue weighted by Crippen LogP contribution is -2.47. The molecule has 1 saturated heterocycles. The summed E-state index contributed by atoms with van der Waals surface area (Å²) in [7, 11) is 0. The van der Waals surface area contributed by atoms with Gasteiger partial charge in [-0.05, 0) is 26.8 Å². The molecule has 1 unspecified atom stereocenters. The first-order chi connectivity index (χ1) is 9.58. The number of benzene rings is 1. The van der Waals surface area contributed by atoms with Crippen molar-refractivity contribution in [2.45, 2.75) is 39.0 Å². The molecule has 1 N–H and O–H groups in total. The molecule has 1 aliphatic heterocycles. The summed E-state index contributed by atoms with van der Waals surface area (Å²) in [6.45, 7) is 9.31. The van der Waals surface area contributed by atoms with Crippen LogP contribution in [-0.2, 0) is 4.74 Å². The second-order valence-electron chi connectivity index (χ2n) is 5.61. The predicted octanol–water partition coefficient (Wildman–Crippen LogP) is 2.23. The van der Waals surface area contributed by atoms with Crippen molar-refractivity contribution in [3.05, 3.63) is 29.8 Å². The first kappa shape index (κ1) is 15.3. The molecule has 20 heavy (non-hydrogen) atoms. The minimum atomic E-state index is -0.523. The zero-order valence-corrected chi connectivity index (χ0v) is 12.6. The zero-order valence-electron chi connectivity index (χ0n) is 12.6. The van der Waals surface area contributed by atoms with E-state index >= 15 is 0 Å². The maximum atomic E-state index is 9.74. The summed E-state index contributed by atoms with van der Waals surface area (Å²) in [4.78, 5) is 2.40. The molecule has 1 aromatic rings. The van der Waals surface area contributed by atoms with Gasteiger partial charge in [-0.25, -0.2) is 0 Å². The van der Waals surface area contributed by atoms with E-state index in [9.17, 15) is 5.11 Å². The van der Waals surface area contributed by atoms with E-state index < -0.39 is 6.10 Å². The van der Waals surface area contributed by atoms with E-state index in [4.69, 9.17) is 9.47 Å². The summed E-state index contributed by atoms with van der Waals surface area (Å²) >= 11 is 0. The molecule has 1 aromatic carbocycles. The van der Waals surface area contributed by atoms with Crippen molar-refractivity contribution in [2.24, 2.45) is 0 Å². The summed E-state index contributed by atoms with van der Waals surface area (Å²) in [5, 5.41) is 9.74. The van der Waals surface area contributed by atoms with Crippen LogP contribution >= 0.6 is 0 Å². The highest BCUT2D eigenvalue weighted by atomic mass is 16.5. The maximum Gasteiger partial charge on any atom is 0.125 e. The Morgan fingerprint density at radius 2 is 2.10 bits per heavy atom. The Hall–Kier alpha value is -1.10. The Labute approximate surface area is 121 Å². The van der Waals surface area contributed by atoms with E-state index in [0.29, 0.717) is 12.6 Å². The average molecular weight is 279 g/mol. The molecular weight excluding hydrogens is 254 g/mol. The summed E-state index contributed by atoms with van der Waals surface area (Å²) < 4.78 is 11.6. The fourth-order valence-electron chi connectivity index (χ4n) is 2.45. The number of aliphatic hydroxyl groups excluding tert-OH is 1. The van der Waals surface area contributed by atoms with Gasteiger partial charge in [0.2, 0.25) is 0 Å². The number of para-hydroxylation sites is 1. The van der Waals surface area contributed by atoms with Gasteiger partial charge in [0.1, 0.15) is 18.5 Å². The highest BCUT2D eigenvalue weighted by Crippen LogP contribution is 2.25. The minimum absolute atomic E-state index is 0.0909. The maximum absolute atomic E-state index is 9.74. The Morgan fingerprint density at radius 1 is 1.35 bits per heavy atom. The second kappa shape index (κ2) is 7.07. The molecule has 2 atom stereocenters. The molecule has 0 aliphatic carbocycles. The SMILES string of the molecule is CC(C)N1CCOC(COc2ccccc2[C@@H](C)O)C1. The van der Waals surface area contributed by atoms with Crippen LogP contribution in [0, 0.1) is 0 Å². The van der Waals surface area contributed by atoms with Crippen molar-refractivity contribution in [1.29, 1.82) is 0 Å². The second-order valence-corrected chi connectivity index (χ2v) is 5.61. The first-order valence-corrected chi connectivity index (χ1v) is 7.33. The molecule has 0 radical (unpaired) electrons. The van der Waals surface area contributed by atoms with Crippen LogP contribution in [0.4, 0.5) is 0 Å². The molecule has 1 aliphatic rings.